The van der Waals surface area contributed by atoms with Crippen LogP contribution in [0.4, 0.5) is 14.6 Å². The van der Waals surface area contributed by atoms with Crippen molar-refractivity contribution in [1.29, 1.82) is 5.26 Å². The predicted molar refractivity (Wildman–Crippen MR) is 40.0 cm³/mol. The average Bonchev–Trinajstić information content (AvgIpc) is 2.03. The topological polar surface area (TPSA) is 71.9 Å². The van der Waals surface area contributed by atoms with Gasteiger partial charge < -0.3 is 10.5 Å². The highest BCUT2D eigenvalue weighted by Crippen LogP contribution is 2.18. The number of nitrogens with two attached hydrogens (primary N) is 1. The van der Waals surface area contributed by atoms with Crippen molar-refractivity contribution >= 4 is 5.82 Å². The second-order valence-corrected chi connectivity index (χ2v) is 2.08. The number of ether oxygens (including phenoxy) is 1. The van der Waals surface area contributed by atoms with E-state index in [1.165, 1.54) is 12.1 Å². The summed E-state index contributed by atoms with van der Waals surface area (Å²) in [7, 11) is 0. The van der Waals surface area contributed by atoms with Crippen molar-refractivity contribution in [2.24, 2.45) is 0 Å². The van der Waals surface area contributed by atoms with Gasteiger partial charge in [0.25, 0.3) is 0 Å². The summed E-state index contributed by atoms with van der Waals surface area (Å²) in [6.07, 6.45) is 0. The SMILES string of the molecule is N#Cc1ccc(N)nc1OC(F)F. The molecule has 0 amide bonds. The number of hydrogen-bond acceptors (Lipinski definition) is 4. The molecule has 0 saturated carbocycles. The number of anilines is 1. The van der Waals surface area contributed by atoms with Gasteiger partial charge in [0.2, 0.25) is 5.88 Å². The van der Waals surface area contributed by atoms with Crippen LogP contribution in [0.1, 0.15) is 5.56 Å². The molecule has 0 saturated heterocycles. The van der Waals surface area contributed by atoms with E-state index >= 15 is 0 Å². The Morgan fingerprint density at radius 2 is 2.23 bits per heavy atom. The van der Waals surface area contributed by atoms with E-state index in [1.807, 2.05) is 0 Å². The van der Waals surface area contributed by atoms with Crippen molar-refractivity contribution in [1.82, 2.24) is 4.98 Å². The molecule has 1 rings (SSSR count). The first-order valence-electron chi connectivity index (χ1n) is 3.25. The summed E-state index contributed by atoms with van der Waals surface area (Å²) in [4.78, 5) is 3.44. The number of hydrogen-bond donors (Lipinski definition) is 1. The fourth-order valence-corrected chi connectivity index (χ4v) is 0.714. The third kappa shape index (κ3) is 2.27. The minimum absolute atomic E-state index is 0.0228. The standard InChI is InChI=1S/C7H5F2N3O/c8-7(9)13-6-4(3-10)1-2-5(11)12-6/h1-2,7H,(H2,11,12). The summed E-state index contributed by atoms with van der Waals surface area (Å²) in [5, 5.41) is 8.47. The highest BCUT2D eigenvalue weighted by molar-refractivity contribution is 5.44. The van der Waals surface area contributed by atoms with E-state index in [0.717, 1.165) is 0 Å². The van der Waals surface area contributed by atoms with Crippen LogP contribution in [0.2, 0.25) is 0 Å². The van der Waals surface area contributed by atoms with Gasteiger partial charge >= 0.3 is 6.61 Å². The molecule has 0 aromatic carbocycles. The van der Waals surface area contributed by atoms with E-state index in [4.69, 9.17) is 11.0 Å². The van der Waals surface area contributed by atoms with Crippen LogP contribution >= 0.6 is 0 Å². The van der Waals surface area contributed by atoms with Crippen molar-refractivity contribution < 1.29 is 13.5 Å². The van der Waals surface area contributed by atoms with Gasteiger partial charge in [-0.25, -0.2) is 0 Å². The maximum atomic E-state index is 11.8. The van der Waals surface area contributed by atoms with Gasteiger partial charge in [-0.1, -0.05) is 0 Å². The number of aromatic nitrogens is 1. The van der Waals surface area contributed by atoms with Crippen molar-refractivity contribution in [2.75, 3.05) is 5.73 Å². The minimum Gasteiger partial charge on any atom is -0.415 e. The Bertz CT molecular complexity index is 348. The van der Waals surface area contributed by atoms with Gasteiger partial charge in [0.05, 0.1) is 0 Å². The highest BCUT2D eigenvalue weighted by atomic mass is 19.3. The molecule has 1 aromatic heterocycles. The zero-order valence-corrected chi connectivity index (χ0v) is 6.37. The van der Waals surface area contributed by atoms with Crippen LogP contribution in [0.15, 0.2) is 12.1 Å². The van der Waals surface area contributed by atoms with Crippen LogP contribution in [-0.2, 0) is 0 Å². The Labute approximate surface area is 72.6 Å². The van der Waals surface area contributed by atoms with Crippen molar-refractivity contribution in [3.63, 3.8) is 0 Å². The molecule has 1 heterocycles. The molecule has 0 radical (unpaired) electrons. The first-order chi connectivity index (χ1) is 6.13. The zero-order valence-electron chi connectivity index (χ0n) is 6.37. The van der Waals surface area contributed by atoms with E-state index in [9.17, 15) is 8.78 Å². The van der Waals surface area contributed by atoms with E-state index < -0.39 is 12.5 Å². The van der Waals surface area contributed by atoms with Crippen molar-refractivity contribution in [2.45, 2.75) is 6.61 Å². The van der Waals surface area contributed by atoms with Crippen LogP contribution in [0.3, 0.4) is 0 Å². The Morgan fingerprint density at radius 1 is 1.54 bits per heavy atom. The molecule has 0 spiro atoms. The Hall–Kier alpha value is -1.90. The Morgan fingerprint density at radius 3 is 2.77 bits per heavy atom. The molecule has 0 unspecified atom stereocenters. The predicted octanol–water partition coefficient (Wildman–Crippen LogP) is 1.14. The monoisotopic (exact) mass is 185 g/mol. The number of nitrogens with zero attached hydrogens (tertiary/aromatic N) is 2. The van der Waals surface area contributed by atoms with Gasteiger partial charge in [-0.05, 0) is 12.1 Å². The number of nitriles is 1. The molecule has 2 N–H and O–H groups in total. The molecule has 4 nitrogen and oxygen atoms in total. The van der Waals surface area contributed by atoms with Crippen LogP contribution in [0.5, 0.6) is 5.88 Å². The summed E-state index contributed by atoms with van der Waals surface area (Å²) in [6, 6.07) is 4.25. The van der Waals surface area contributed by atoms with Gasteiger partial charge in [-0.2, -0.15) is 19.0 Å². The molecular formula is C7H5F2N3O. The molecule has 6 heteroatoms. The van der Waals surface area contributed by atoms with Crippen molar-refractivity contribution in [3.8, 4) is 11.9 Å². The van der Waals surface area contributed by atoms with Crippen LogP contribution in [0.25, 0.3) is 0 Å². The van der Waals surface area contributed by atoms with E-state index in [1.54, 1.807) is 6.07 Å². The van der Waals surface area contributed by atoms with Crippen molar-refractivity contribution in [3.05, 3.63) is 17.7 Å². The van der Waals surface area contributed by atoms with Gasteiger partial charge in [0.1, 0.15) is 17.5 Å². The van der Waals surface area contributed by atoms with E-state index in [2.05, 4.69) is 9.72 Å². The maximum absolute atomic E-state index is 11.8. The molecular weight excluding hydrogens is 180 g/mol. The number of pyridine rings is 1. The fourth-order valence-electron chi connectivity index (χ4n) is 0.714. The lowest BCUT2D eigenvalue weighted by molar-refractivity contribution is -0.0529. The summed E-state index contributed by atoms with van der Waals surface area (Å²) in [5.74, 6) is -0.424. The largest absolute Gasteiger partial charge is 0.415 e. The third-order valence-corrected chi connectivity index (χ3v) is 1.20. The Kier molecular flexibility index (Phi) is 2.59. The minimum atomic E-state index is -3.01. The smallest absolute Gasteiger partial charge is 0.388 e. The molecule has 0 aliphatic rings. The maximum Gasteiger partial charge on any atom is 0.388 e. The lowest BCUT2D eigenvalue weighted by Gasteiger charge is -2.04. The summed E-state index contributed by atoms with van der Waals surface area (Å²) >= 11 is 0. The van der Waals surface area contributed by atoms with Crippen LogP contribution in [-0.4, -0.2) is 11.6 Å². The molecule has 0 aliphatic heterocycles. The first kappa shape index (κ1) is 9.19. The second kappa shape index (κ2) is 3.67. The van der Waals surface area contributed by atoms with E-state index in [-0.39, 0.29) is 11.4 Å². The summed E-state index contributed by atoms with van der Waals surface area (Å²) in [6.45, 7) is -3.01. The summed E-state index contributed by atoms with van der Waals surface area (Å²) in [5.41, 5.74) is 5.14. The number of nitrogen functional groups attached to an aromatic ring is 1. The summed E-state index contributed by atoms with van der Waals surface area (Å²) < 4.78 is 27.5. The first-order valence-corrected chi connectivity index (χ1v) is 3.25. The average molecular weight is 185 g/mol. The molecule has 0 bridgehead atoms. The third-order valence-electron chi connectivity index (χ3n) is 1.20. The van der Waals surface area contributed by atoms with Crippen LogP contribution in [0, 0.1) is 11.3 Å². The normalized spacial score (nSPS) is 9.69. The van der Waals surface area contributed by atoms with Gasteiger partial charge in [-0.3, -0.25) is 0 Å². The number of rotatable bonds is 2. The number of halogens is 2. The highest BCUT2D eigenvalue weighted by Gasteiger charge is 2.10. The molecule has 0 atom stereocenters. The molecule has 0 fully saturated rings. The quantitative estimate of drug-likeness (QED) is 0.749. The molecule has 1 aromatic rings. The van der Waals surface area contributed by atoms with Gasteiger partial charge in [-0.15, -0.1) is 0 Å². The lowest BCUT2D eigenvalue weighted by atomic mass is 10.3. The van der Waals surface area contributed by atoms with Gasteiger partial charge in [0.15, 0.2) is 0 Å². The zero-order chi connectivity index (χ0) is 9.84. The fraction of sp³-hybridized carbons (Fsp3) is 0.143. The Balaban J connectivity index is 3.03. The van der Waals surface area contributed by atoms with E-state index in [0.29, 0.717) is 0 Å². The number of alkyl halides is 2. The lowest BCUT2D eigenvalue weighted by Crippen LogP contribution is -2.06. The molecule has 13 heavy (non-hydrogen) atoms. The van der Waals surface area contributed by atoms with Gasteiger partial charge in [0, 0.05) is 0 Å². The molecule has 0 aliphatic carbocycles. The van der Waals surface area contributed by atoms with Crippen LogP contribution < -0.4 is 10.5 Å². The molecule has 68 valence electrons. The second-order valence-electron chi connectivity index (χ2n) is 2.08.